The third-order valence-corrected chi connectivity index (χ3v) is 5.24. The van der Waals surface area contributed by atoms with Crippen molar-refractivity contribution in [3.8, 4) is 0 Å². The zero-order valence-corrected chi connectivity index (χ0v) is 14.7. The molecule has 3 N–H and O–H groups in total. The predicted octanol–water partition coefficient (Wildman–Crippen LogP) is 1.62. The van der Waals surface area contributed by atoms with Crippen molar-refractivity contribution in [1.29, 1.82) is 0 Å². The number of benzene rings is 1. The molecule has 0 spiro atoms. The highest BCUT2D eigenvalue weighted by Gasteiger charge is 2.19. The maximum Gasteiger partial charge on any atom is 0.238 e. The summed E-state index contributed by atoms with van der Waals surface area (Å²) in [5.41, 5.74) is 2.13. The first-order valence-electron chi connectivity index (χ1n) is 7.83. The van der Waals surface area contributed by atoms with E-state index in [2.05, 4.69) is 17.1 Å². The molecule has 7 heteroatoms. The lowest BCUT2D eigenvalue weighted by Crippen LogP contribution is -2.39. The van der Waals surface area contributed by atoms with Crippen LogP contribution in [-0.2, 0) is 14.8 Å². The molecule has 1 aromatic carbocycles. The van der Waals surface area contributed by atoms with Gasteiger partial charge in [0.1, 0.15) is 0 Å². The van der Waals surface area contributed by atoms with Crippen LogP contribution in [0, 0.1) is 19.8 Å². The van der Waals surface area contributed by atoms with Gasteiger partial charge in [-0.25, -0.2) is 13.6 Å². The van der Waals surface area contributed by atoms with Crippen LogP contribution in [0.3, 0.4) is 0 Å². The Balaban J connectivity index is 2.12. The van der Waals surface area contributed by atoms with E-state index in [1.54, 1.807) is 6.92 Å². The third kappa shape index (κ3) is 4.76. The monoisotopic (exact) mass is 339 g/mol. The topological polar surface area (TPSA) is 92.5 Å². The van der Waals surface area contributed by atoms with E-state index < -0.39 is 10.0 Å². The maximum absolute atomic E-state index is 12.3. The van der Waals surface area contributed by atoms with Crippen LogP contribution >= 0.6 is 0 Å². The van der Waals surface area contributed by atoms with Crippen molar-refractivity contribution in [1.82, 2.24) is 4.90 Å². The van der Waals surface area contributed by atoms with E-state index in [9.17, 15) is 13.2 Å². The van der Waals surface area contributed by atoms with Gasteiger partial charge in [-0.05, 0) is 62.4 Å². The molecule has 2 rings (SSSR count). The SMILES string of the molecule is Cc1cc(S(N)(=O)=O)cc(NC(=O)CN2CCC[C@@H](C)C2)c1C. The molecule has 0 radical (unpaired) electrons. The van der Waals surface area contributed by atoms with Gasteiger partial charge in [-0.15, -0.1) is 0 Å². The van der Waals surface area contributed by atoms with Gasteiger partial charge in [-0.3, -0.25) is 9.69 Å². The largest absolute Gasteiger partial charge is 0.325 e. The molecule has 0 aliphatic carbocycles. The Hall–Kier alpha value is -1.44. The highest BCUT2D eigenvalue weighted by Crippen LogP contribution is 2.23. The number of amides is 1. The highest BCUT2D eigenvalue weighted by atomic mass is 32.2. The third-order valence-electron chi connectivity index (χ3n) is 4.35. The van der Waals surface area contributed by atoms with Gasteiger partial charge in [0.2, 0.25) is 15.9 Å². The van der Waals surface area contributed by atoms with E-state index in [4.69, 9.17) is 5.14 Å². The molecule has 23 heavy (non-hydrogen) atoms. The van der Waals surface area contributed by atoms with Gasteiger partial charge < -0.3 is 5.32 Å². The Morgan fingerprint density at radius 3 is 2.70 bits per heavy atom. The van der Waals surface area contributed by atoms with Crippen molar-refractivity contribution in [2.75, 3.05) is 25.0 Å². The van der Waals surface area contributed by atoms with Crippen LogP contribution in [0.2, 0.25) is 0 Å². The molecule has 1 saturated heterocycles. The van der Waals surface area contributed by atoms with Crippen LogP contribution in [0.4, 0.5) is 5.69 Å². The number of nitrogens with one attached hydrogen (secondary N) is 1. The highest BCUT2D eigenvalue weighted by molar-refractivity contribution is 7.89. The molecule has 1 atom stereocenters. The summed E-state index contributed by atoms with van der Waals surface area (Å²) in [7, 11) is -3.80. The average molecular weight is 339 g/mol. The number of hydrogen-bond acceptors (Lipinski definition) is 4. The van der Waals surface area contributed by atoms with Gasteiger partial charge in [0.15, 0.2) is 0 Å². The summed E-state index contributed by atoms with van der Waals surface area (Å²) in [5, 5.41) is 8.02. The minimum Gasteiger partial charge on any atom is -0.325 e. The Morgan fingerprint density at radius 2 is 2.09 bits per heavy atom. The summed E-state index contributed by atoms with van der Waals surface area (Å²) >= 11 is 0. The zero-order chi connectivity index (χ0) is 17.2. The molecule has 1 heterocycles. The molecular weight excluding hydrogens is 314 g/mol. The molecule has 1 amide bonds. The lowest BCUT2D eigenvalue weighted by molar-refractivity contribution is -0.117. The van der Waals surface area contributed by atoms with Crippen molar-refractivity contribution in [3.05, 3.63) is 23.3 Å². The van der Waals surface area contributed by atoms with Crippen molar-refractivity contribution in [3.63, 3.8) is 0 Å². The first-order chi connectivity index (χ1) is 10.7. The molecule has 1 aliphatic heterocycles. The molecule has 0 saturated carbocycles. The number of rotatable bonds is 4. The van der Waals surface area contributed by atoms with E-state index in [-0.39, 0.29) is 10.8 Å². The number of carbonyl (C=O) groups is 1. The second-order valence-electron chi connectivity index (χ2n) is 6.49. The van der Waals surface area contributed by atoms with Crippen LogP contribution in [-0.4, -0.2) is 38.9 Å². The van der Waals surface area contributed by atoms with Gasteiger partial charge in [-0.2, -0.15) is 0 Å². The number of carbonyl (C=O) groups excluding carboxylic acids is 1. The average Bonchev–Trinajstić information content (AvgIpc) is 2.42. The Labute approximate surface area is 138 Å². The van der Waals surface area contributed by atoms with Crippen LogP contribution in [0.5, 0.6) is 0 Å². The Kier molecular flexibility index (Phi) is 5.44. The fourth-order valence-corrected chi connectivity index (χ4v) is 3.57. The van der Waals surface area contributed by atoms with E-state index in [0.717, 1.165) is 30.6 Å². The molecule has 0 bridgehead atoms. The molecule has 1 aromatic rings. The number of nitrogens with two attached hydrogens (primary N) is 1. The Bertz CT molecular complexity index is 701. The molecule has 0 aromatic heterocycles. The summed E-state index contributed by atoms with van der Waals surface area (Å²) in [4.78, 5) is 14.4. The van der Waals surface area contributed by atoms with Crippen LogP contribution in [0.15, 0.2) is 17.0 Å². The number of anilines is 1. The van der Waals surface area contributed by atoms with Gasteiger partial charge in [0.05, 0.1) is 11.4 Å². The number of sulfonamides is 1. The van der Waals surface area contributed by atoms with Crippen LogP contribution in [0.25, 0.3) is 0 Å². The number of hydrogen-bond donors (Lipinski definition) is 2. The van der Waals surface area contributed by atoms with Crippen molar-refractivity contribution in [2.24, 2.45) is 11.1 Å². The first-order valence-corrected chi connectivity index (χ1v) is 9.37. The van der Waals surface area contributed by atoms with Crippen LogP contribution in [0.1, 0.15) is 30.9 Å². The Morgan fingerprint density at radius 1 is 1.39 bits per heavy atom. The molecule has 1 aliphatic rings. The summed E-state index contributed by atoms with van der Waals surface area (Å²) < 4.78 is 23.1. The molecule has 6 nitrogen and oxygen atoms in total. The number of likely N-dealkylation sites (tertiary alicyclic amines) is 1. The molecule has 0 unspecified atom stereocenters. The molecule has 1 fully saturated rings. The standard InChI is InChI=1S/C16H25N3O3S/c1-11-5-4-6-19(9-11)10-16(20)18-15-8-14(23(17,21)22)7-12(2)13(15)3/h7-8,11H,4-6,9-10H2,1-3H3,(H,18,20)(H2,17,21,22)/t11-/m1/s1. The second kappa shape index (κ2) is 6.98. The van der Waals surface area contributed by atoms with Crippen molar-refractivity contribution in [2.45, 2.75) is 38.5 Å². The van der Waals surface area contributed by atoms with Gasteiger partial charge in [-0.1, -0.05) is 6.92 Å². The number of nitrogens with zero attached hydrogens (tertiary/aromatic N) is 1. The fraction of sp³-hybridized carbons (Fsp3) is 0.562. The van der Waals surface area contributed by atoms with E-state index in [1.807, 2.05) is 6.92 Å². The van der Waals surface area contributed by atoms with Gasteiger partial charge in [0, 0.05) is 12.2 Å². The lowest BCUT2D eigenvalue weighted by atomic mass is 10.0. The van der Waals surface area contributed by atoms with Crippen LogP contribution < -0.4 is 10.5 Å². The summed E-state index contributed by atoms with van der Waals surface area (Å²) in [6.07, 6.45) is 2.31. The predicted molar refractivity (Wildman–Crippen MR) is 90.8 cm³/mol. The van der Waals surface area contributed by atoms with Crippen molar-refractivity contribution < 1.29 is 13.2 Å². The van der Waals surface area contributed by atoms with E-state index in [0.29, 0.717) is 18.2 Å². The maximum atomic E-state index is 12.3. The number of aryl methyl sites for hydroxylation is 1. The van der Waals surface area contributed by atoms with Crippen molar-refractivity contribution >= 4 is 21.6 Å². The quantitative estimate of drug-likeness (QED) is 0.872. The van der Waals surface area contributed by atoms with E-state index >= 15 is 0 Å². The zero-order valence-electron chi connectivity index (χ0n) is 13.9. The summed E-state index contributed by atoms with van der Waals surface area (Å²) in [5.74, 6) is 0.472. The minimum atomic E-state index is -3.80. The molecule has 128 valence electrons. The molecular formula is C16H25N3O3S. The lowest BCUT2D eigenvalue weighted by Gasteiger charge is -2.30. The summed E-state index contributed by atoms with van der Waals surface area (Å²) in [6.45, 7) is 8.00. The van der Waals surface area contributed by atoms with Gasteiger partial charge in [0.25, 0.3) is 0 Å². The van der Waals surface area contributed by atoms with Gasteiger partial charge >= 0.3 is 0 Å². The number of piperidine rings is 1. The summed E-state index contributed by atoms with van der Waals surface area (Å²) in [6, 6.07) is 2.95. The normalized spacial score (nSPS) is 19.6. The second-order valence-corrected chi connectivity index (χ2v) is 8.05. The first kappa shape index (κ1) is 17.9. The van der Waals surface area contributed by atoms with E-state index in [1.165, 1.54) is 18.6 Å². The minimum absolute atomic E-state index is 0.0162. The fourth-order valence-electron chi connectivity index (χ4n) is 2.94. The smallest absolute Gasteiger partial charge is 0.238 e. The number of primary sulfonamides is 1.